The van der Waals surface area contributed by atoms with Crippen molar-refractivity contribution in [3.8, 4) is 5.75 Å². The van der Waals surface area contributed by atoms with E-state index in [4.69, 9.17) is 10.5 Å². The SMILES string of the molecule is CCCOc1cccc(NC2CCCC(N)C2)c1. The summed E-state index contributed by atoms with van der Waals surface area (Å²) in [5.74, 6) is 0.946. The van der Waals surface area contributed by atoms with Crippen LogP contribution in [0.4, 0.5) is 5.69 Å². The van der Waals surface area contributed by atoms with E-state index in [1.165, 1.54) is 12.8 Å². The summed E-state index contributed by atoms with van der Waals surface area (Å²) in [6, 6.07) is 9.09. The zero-order valence-electron chi connectivity index (χ0n) is 11.2. The lowest BCUT2D eigenvalue weighted by molar-refractivity contribution is 0.317. The van der Waals surface area contributed by atoms with Crippen LogP contribution in [0.2, 0.25) is 0 Å². The number of benzene rings is 1. The molecule has 0 aliphatic heterocycles. The molecule has 1 aliphatic carbocycles. The van der Waals surface area contributed by atoms with Crippen LogP contribution in [0.25, 0.3) is 0 Å². The van der Waals surface area contributed by atoms with Crippen LogP contribution in [-0.2, 0) is 0 Å². The number of nitrogens with two attached hydrogens (primary N) is 1. The van der Waals surface area contributed by atoms with Crippen LogP contribution in [-0.4, -0.2) is 18.7 Å². The van der Waals surface area contributed by atoms with Gasteiger partial charge in [0.15, 0.2) is 0 Å². The third-order valence-electron chi connectivity index (χ3n) is 3.39. The number of nitrogens with one attached hydrogen (secondary N) is 1. The van der Waals surface area contributed by atoms with Crippen molar-refractivity contribution in [2.24, 2.45) is 5.73 Å². The fourth-order valence-corrected chi connectivity index (χ4v) is 2.49. The molecular weight excluding hydrogens is 224 g/mol. The van der Waals surface area contributed by atoms with E-state index in [0.717, 1.165) is 37.3 Å². The minimum Gasteiger partial charge on any atom is -0.494 e. The minimum atomic E-state index is 0.357. The molecule has 0 spiro atoms. The molecule has 1 fully saturated rings. The van der Waals surface area contributed by atoms with E-state index in [-0.39, 0.29) is 0 Å². The molecule has 100 valence electrons. The van der Waals surface area contributed by atoms with E-state index >= 15 is 0 Å². The molecule has 18 heavy (non-hydrogen) atoms. The van der Waals surface area contributed by atoms with Crippen molar-refractivity contribution in [1.82, 2.24) is 0 Å². The van der Waals surface area contributed by atoms with Crippen LogP contribution in [0.5, 0.6) is 5.75 Å². The molecule has 0 bridgehead atoms. The van der Waals surface area contributed by atoms with E-state index in [1.807, 2.05) is 12.1 Å². The molecule has 0 heterocycles. The highest BCUT2D eigenvalue weighted by Crippen LogP contribution is 2.23. The quantitative estimate of drug-likeness (QED) is 0.841. The maximum absolute atomic E-state index is 6.01. The zero-order valence-corrected chi connectivity index (χ0v) is 11.2. The van der Waals surface area contributed by atoms with Crippen molar-refractivity contribution < 1.29 is 4.74 Å². The van der Waals surface area contributed by atoms with Gasteiger partial charge in [-0.1, -0.05) is 13.0 Å². The third-order valence-corrected chi connectivity index (χ3v) is 3.39. The van der Waals surface area contributed by atoms with E-state index in [1.54, 1.807) is 0 Å². The molecule has 1 aromatic carbocycles. The molecule has 2 atom stereocenters. The highest BCUT2D eigenvalue weighted by Gasteiger charge is 2.18. The van der Waals surface area contributed by atoms with Crippen molar-refractivity contribution in [3.63, 3.8) is 0 Å². The Balaban J connectivity index is 1.91. The Kier molecular flexibility index (Phi) is 4.88. The predicted octanol–water partition coefficient (Wildman–Crippen LogP) is 3.16. The standard InChI is InChI=1S/C15H24N2O/c1-2-9-18-15-8-4-7-14(11-15)17-13-6-3-5-12(16)10-13/h4,7-8,11-13,17H,2-3,5-6,9-10,16H2,1H3. The first-order chi connectivity index (χ1) is 8.78. The molecule has 0 aromatic heterocycles. The zero-order chi connectivity index (χ0) is 12.8. The number of anilines is 1. The lowest BCUT2D eigenvalue weighted by Crippen LogP contribution is -2.34. The predicted molar refractivity (Wildman–Crippen MR) is 76.1 cm³/mol. The Morgan fingerprint density at radius 3 is 3.06 bits per heavy atom. The molecule has 1 aliphatic rings. The molecule has 2 rings (SSSR count). The normalized spacial score (nSPS) is 23.7. The summed E-state index contributed by atoms with van der Waals surface area (Å²) in [6.07, 6.45) is 5.71. The average Bonchev–Trinajstić information content (AvgIpc) is 2.37. The minimum absolute atomic E-state index is 0.357. The van der Waals surface area contributed by atoms with Crippen molar-refractivity contribution in [1.29, 1.82) is 0 Å². The lowest BCUT2D eigenvalue weighted by Gasteiger charge is -2.28. The first-order valence-corrected chi connectivity index (χ1v) is 7.03. The van der Waals surface area contributed by atoms with Gasteiger partial charge in [-0.25, -0.2) is 0 Å². The smallest absolute Gasteiger partial charge is 0.121 e. The number of ether oxygens (including phenoxy) is 1. The molecule has 1 saturated carbocycles. The molecule has 3 heteroatoms. The Labute approximate surface area is 110 Å². The summed E-state index contributed by atoms with van der Waals surface area (Å²) in [4.78, 5) is 0. The molecule has 3 nitrogen and oxygen atoms in total. The average molecular weight is 248 g/mol. The Morgan fingerprint density at radius 2 is 2.28 bits per heavy atom. The first-order valence-electron chi connectivity index (χ1n) is 7.03. The molecule has 1 aromatic rings. The second kappa shape index (κ2) is 6.64. The number of rotatable bonds is 5. The second-order valence-electron chi connectivity index (χ2n) is 5.14. The van der Waals surface area contributed by atoms with Gasteiger partial charge in [0.2, 0.25) is 0 Å². The van der Waals surface area contributed by atoms with Gasteiger partial charge in [0.1, 0.15) is 5.75 Å². The van der Waals surface area contributed by atoms with E-state index in [0.29, 0.717) is 12.1 Å². The van der Waals surface area contributed by atoms with Gasteiger partial charge in [0.05, 0.1) is 6.61 Å². The molecule has 0 saturated heterocycles. The summed E-state index contributed by atoms with van der Waals surface area (Å²) < 4.78 is 5.64. The van der Waals surface area contributed by atoms with E-state index in [2.05, 4.69) is 24.4 Å². The Morgan fingerprint density at radius 1 is 1.39 bits per heavy atom. The van der Waals surface area contributed by atoms with Crippen LogP contribution in [0.3, 0.4) is 0 Å². The van der Waals surface area contributed by atoms with Crippen molar-refractivity contribution in [3.05, 3.63) is 24.3 Å². The molecular formula is C15H24N2O. The maximum Gasteiger partial charge on any atom is 0.121 e. The summed E-state index contributed by atoms with van der Waals surface area (Å²) in [7, 11) is 0. The van der Waals surface area contributed by atoms with Crippen LogP contribution >= 0.6 is 0 Å². The number of hydrogen-bond acceptors (Lipinski definition) is 3. The topological polar surface area (TPSA) is 47.3 Å². The van der Waals surface area contributed by atoms with Crippen molar-refractivity contribution in [2.45, 2.75) is 51.1 Å². The molecule has 0 radical (unpaired) electrons. The van der Waals surface area contributed by atoms with Crippen LogP contribution in [0.15, 0.2) is 24.3 Å². The third kappa shape index (κ3) is 3.91. The van der Waals surface area contributed by atoms with Gasteiger partial charge < -0.3 is 15.8 Å². The van der Waals surface area contributed by atoms with Gasteiger partial charge in [-0.05, 0) is 44.2 Å². The largest absolute Gasteiger partial charge is 0.494 e. The monoisotopic (exact) mass is 248 g/mol. The maximum atomic E-state index is 6.01. The summed E-state index contributed by atoms with van der Waals surface area (Å²) in [6.45, 7) is 2.89. The van der Waals surface area contributed by atoms with Crippen molar-refractivity contribution >= 4 is 5.69 Å². The van der Waals surface area contributed by atoms with Gasteiger partial charge in [-0.3, -0.25) is 0 Å². The van der Waals surface area contributed by atoms with Gasteiger partial charge >= 0.3 is 0 Å². The Bertz CT molecular complexity index is 367. The fourth-order valence-electron chi connectivity index (χ4n) is 2.49. The summed E-state index contributed by atoms with van der Waals surface area (Å²) >= 11 is 0. The van der Waals surface area contributed by atoms with Gasteiger partial charge in [0.25, 0.3) is 0 Å². The highest BCUT2D eigenvalue weighted by molar-refractivity contribution is 5.48. The van der Waals surface area contributed by atoms with Crippen LogP contribution in [0, 0.1) is 0 Å². The fraction of sp³-hybridized carbons (Fsp3) is 0.600. The summed E-state index contributed by atoms with van der Waals surface area (Å²) in [5.41, 5.74) is 7.15. The van der Waals surface area contributed by atoms with Gasteiger partial charge in [-0.15, -0.1) is 0 Å². The van der Waals surface area contributed by atoms with Gasteiger partial charge in [0, 0.05) is 23.8 Å². The van der Waals surface area contributed by atoms with Crippen LogP contribution in [0.1, 0.15) is 39.0 Å². The Hall–Kier alpha value is -1.22. The lowest BCUT2D eigenvalue weighted by atomic mass is 9.91. The van der Waals surface area contributed by atoms with E-state index < -0.39 is 0 Å². The molecule has 2 unspecified atom stereocenters. The van der Waals surface area contributed by atoms with Crippen molar-refractivity contribution in [2.75, 3.05) is 11.9 Å². The number of hydrogen-bond donors (Lipinski definition) is 2. The highest BCUT2D eigenvalue weighted by atomic mass is 16.5. The van der Waals surface area contributed by atoms with E-state index in [9.17, 15) is 0 Å². The molecule has 3 N–H and O–H groups in total. The second-order valence-corrected chi connectivity index (χ2v) is 5.14. The van der Waals surface area contributed by atoms with Crippen LogP contribution < -0.4 is 15.8 Å². The summed E-state index contributed by atoms with van der Waals surface area (Å²) in [5, 5.41) is 3.57. The van der Waals surface area contributed by atoms with Gasteiger partial charge in [-0.2, -0.15) is 0 Å². The first kappa shape index (κ1) is 13.2. The molecule has 0 amide bonds.